The fourth-order valence-corrected chi connectivity index (χ4v) is 4.28. The van der Waals surface area contributed by atoms with Gasteiger partial charge in [-0.25, -0.2) is 13.8 Å². The van der Waals surface area contributed by atoms with Crippen molar-refractivity contribution >= 4 is 11.7 Å². The first-order chi connectivity index (χ1) is 16.3. The first kappa shape index (κ1) is 23.8. The van der Waals surface area contributed by atoms with Gasteiger partial charge in [-0.3, -0.25) is 4.79 Å². The number of benzene rings is 1. The third-order valence-corrected chi connectivity index (χ3v) is 5.87. The second-order valence-corrected chi connectivity index (χ2v) is 8.73. The number of rotatable bonds is 8. The Bertz CT molecular complexity index is 1190. The highest BCUT2D eigenvalue weighted by atomic mass is 19.1. The van der Waals surface area contributed by atoms with Gasteiger partial charge in [0.25, 0.3) is 5.91 Å². The highest BCUT2D eigenvalue weighted by Crippen LogP contribution is 2.31. The lowest BCUT2D eigenvalue weighted by Crippen LogP contribution is -2.49. The monoisotopic (exact) mass is 470 g/mol. The molecule has 9 heteroatoms. The third kappa shape index (κ3) is 4.80. The molecule has 2 aromatic heterocycles. The molecule has 0 radical (unpaired) electrons. The number of aromatic nitrogens is 2. The number of pyridine rings is 1. The molecule has 2 N–H and O–H groups in total. The zero-order valence-corrected chi connectivity index (χ0v) is 19.4. The molecule has 0 saturated heterocycles. The number of fused-ring (bicyclic) bond motifs is 1. The van der Waals surface area contributed by atoms with E-state index in [0.29, 0.717) is 40.3 Å². The van der Waals surface area contributed by atoms with E-state index in [0.717, 1.165) is 0 Å². The maximum absolute atomic E-state index is 14.7. The molecular weight excluding hydrogens is 442 g/mol. The lowest BCUT2D eigenvalue weighted by atomic mass is 10.0. The van der Waals surface area contributed by atoms with E-state index in [-0.39, 0.29) is 37.7 Å². The van der Waals surface area contributed by atoms with E-state index in [4.69, 9.17) is 4.74 Å². The van der Waals surface area contributed by atoms with Crippen molar-refractivity contribution in [2.45, 2.75) is 45.6 Å². The van der Waals surface area contributed by atoms with Crippen LogP contribution < -0.4 is 5.32 Å². The van der Waals surface area contributed by atoms with Crippen molar-refractivity contribution in [2.24, 2.45) is 0 Å². The smallest absolute Gasteiger partial charge is 0.271 e. The van der Waals surface area contributed by atoms with E-state index in [1.807, 2.05) is 13.8 Å². The van der Waals surface area contributed by atoms with Gasteiger partial charge in [0, 0.05) is 43.6 Å². The maximum Gasteiger partial charge on any atom is 0.271 e. The molecule has 1 aliphatic heterocycles. The second-order valence-electron chi connectivity index (χ2n) is 8.73. The van der Waals surface area contributed by atoms with Crippen LogP contribution in [-0.2, 0) is 24.4 Å². The van der Waals surface area contributed by atoms with E-state index in [1.165, 1.54) is 24.4 Å². The van der Waals surface area contributed by atoms with Crippen LogP contribution in [0.25, 0.3) is 11.1 Å². The molecule has 0 saturated carbocycles. The lowest BCUT2D eigenvalue weighted by molar-refractivity contribution is 0.0386. The van der Waals surface area contributed by atoms with Crippen molar-refractivity contribution in [1.29, 1.82) is 0 Å². The molecule has 0 fully saturated rings. The quantitative estimate of drug-likeness (QED) is 0.524. The van der Waals surface area contributed by atoms with Crippen molar-refractivity contribution in [1.82, 2.24) is 14.5 Å². The van der Waals surface area contributed by atoms with Crippen LogP contribution in [0.3, 0.4) is 0 Å². The summed E-state index contributed by atoms with van der Waals surface area (Å²) in [6, 6.07) is 7.23. The van der Waals surface area contributed by atoms with Crippen molar-refractivity contribution in [3.63, 3.8) is 0 Å². The number of anilines is 1. The summed E-state index contributed by atoms with van der Waals surface area (Å²) in [5.74, 6) is -0.655. The van der Waals surface area contributed by atoms with Crippen molar-refractivity contribution in [2.75, 3.05) is 19.0 Å². The Kier molecular flexibility index (Phi) is 6.95. The number of aliphatic hydroxyl groups is 1. The molecule has 0 unspecified atom stereocenters. The number of aliphatic hydroxyl groups excluding tert-OH is 1. The average molecular weight is 471 g/mol. The number of hydrogen-bond donors (Lipinski definition) is 2. The standard InChI is InChI=1S/C25H28F2N4O3/c1-15(2)29-24-8-21(22(27)9-28-24)18-7-23-25(33)31(20(14-34-3)12-30(23)10-18)11-17-6-19(26)5-4-16(17)13-32/h4-10,15,20,32H,11-14H2,1-3H3,(H,28,29)/t20-/m1/s1. The Morgan fingerprint density at radius 2 is 2.03 bits per heavy atom. The Morgan fingerprint density at radius 1 is 1.24 bits per heavy atom. The minimum absolute atomic E-state index is 0.118. The number of nitrogens with zero attached hydrogens (tertiary/aromatic N) is 3. The molecule has 3 heterocycles. The van der Waals surface area contributed by atoms with E-state index in [2.05, 4.69) is 10.3 Å². The number of ether oxygens (including phenoxy) is 1. The number of methoxy groups -OCH3 is 1. The number of nitrogens with one attached hydrogen (secondary N) is 1. The Labute approximate surface area is 197 Å². The minimum atomic E-state index is -0.484. The largest absolute Gasteiger partial charge is 0.392 e. The summed E-state index contributed by atoms with van der Waals surface area (Å²) in [6.07, 6.45) is 2.92. The predicted molar refractivity (Wildman–Crippen MR) is 124 cm³/mol. The van der Waals surface area contributed by atoms with Crippen LogP contribution in [0.15, 0.2) is 42.7 Å². The summed E-state index contributed by atoms with van der Waals surface area (Å²) in [4.78, 5) is 19.2. The highest BCUT2D eigenvalue weighted by Gasteiger charge is 2.34. The van der Waals surface area contributed by atoms with E-state index < -0.39 is 11.6 Å². The topological polar surface area (TPSA) is 79.6 Å². The van der Waals surface area contributed by atoms with Crippen LogP contribution in [0, 0.1) is 11.6 Å². The zero-order chi connectivity index (χ0) is 24.4. The number of hydrogen-bond acceptors (Lipinski definition) is 5. The summed E-state index contributed by atoms with van der Waals surface area (Å²) >= 11 is 0. The number of halogens is 2. The first-order valence-corrected chi connectivity index (χ1v) is 11.1. The van der Waals surface area contributed by atoms with Gasteiger partial charge in [-0.2, -0.15) is 0 Å². The molecule has 0 spiro atoms. The number of amides is 1. The Hall–Kier alpha value is -3.30. The molecular formula is C25H28F2N4O3. The molecule has 0 bridgehead atoms. The van der Waals surface area contributed by atoms with E-state index in [1.54, 1.807) is 34.9 Å². The fourth-order valence-electron chi connectivity index (χ4n) is 4.28. The van der Waals surface area contributed by atoms with Crippen LogP contribution in [0.2, 0.25) is 0 Å². The molecule has 4 rings (SSSR count). The van der Waals surface area contributed by atoms with Gasteiger partial charge in [-0.05, 0) is 49.2 Å². The van der Waals surface area contributed by atoms with Gasteiger partial charge in [0.2, 0.25) is 0 Å². The summed E-state index contributed by atoms with van der Waals surface area (Å²) < 4.78 is 35.7. The summed E-state index contributed by atoms with van der Waals surface area (Å²) in [6.45, 7) is 4.49. The van der Waals surface area contributed by atoms with Crippen LogP contribution in [0.1, 0.15) is 35.5 Å². The number of carbonyl (C=O) groups excluding carboxylic acids is 1. The SMILES string of the molecule is COC[C@H]1Cn2cc(-c3cc(NC(C)C)ncc3F)cc2C(=O)N1Cc1cc(F)ccc1CO. The highest BCUT2D eigenvalue weighted by molar-refractivity contribution is 5.95. The maximum atomic E-state index is 14.7. The van der Waals surface area contributed by atoms with E-state index in [9.17, 15) is 18.7 Å². The Balaban J connectivity index is 1.70. The van der Waals surface area contributed by atoms with Gasteiger partial charge >= 0.3 is 0 Å². The van der Waals surface area contributed by atoms with Crippen molar-refractivity contribution in [3.8, 4) is 11.1 Å². The lowest BCUT2D eigenvalue weighted by Gasteiger charge is -2.36. The normalized spacial score (nSPS) is 15.7. The third-order valence-electron chi connectivity index (χ3n) is 5.87. The van der Waals surface area contributed by atoms with E-state index >= 15 is 0 Å². The first-order valence-electron chi connectivity index (χ1n) is 11.1. The Morgan fingerprint density at radius 3 is 2.74 bits per heavy atom. The molecule has 1 aliphatic rings. The fraction of sp³-hybridized carbons (Fsp3) is 0.360. The van der Waals surface area contributed by atoms with Crippen LogP contribution in [0.4, 0.5) is 14.6 Å². The van der Waals surface area contributed by atoms with Gasteiger partial charge in [-0.1, -0.05) is 6.07 Å². The van der Waals surface area contributed by atoms with Crippen molar-refractivity contribution in [3.05, 3.63) is 71.2 Å². The molecule has 34 heavy (non-hydrogen) atoms. The second kappa shape index (κ2) is 9.90. The molecule has 7 nitrogen and oxygen atoms in total. The van der Waals surface area contributed by atoms with Crippen LogP contribution in [0.5, 0.6) is 0 Å². The summed E-state index contributed by atoms with van der Waals surface area (Å²) in [5.41, 5.74) is 2.39. The molecule has 0 aliphatic carbocycles. The molecule has 180 valence electrons. The average Bonchev–Trinajstić information content (AvgIpc) is 3.22. The van der Waals surface area contributed by atoms with Gasteiger partial charge in [0.15, 0.2) is 0 Å². The van der Waals surface area contributed by atoms with Crippen LogP contribution in [-0.4, -0.2) is 51.3 Å². The molecule has 1 aromatic carbocycles. The van der Waals surface area contributed by atoms with Crippen molar-refractivity contribution < 1.29 is 23.4 Å². The molecule has 1 atom stereocenters. The van der Waals surface area contributed by atoms with Crippen LogP contribution >= 0.6 is 0 Å². The summed E-state index contributed by atoms with van der Waals surface area (Å²) in [7, 11) is 1.55. The van der Waals surface area contributed by atoms with Gasteiger partial charge < -0.3 is 24.6 Å². The predicted octanol–water partition coefficient (Wildman–Crippen LogP) is 3.81. The number of carbonyl (C=O) groups is 1. The minimum Gasteiger partial charge on any atom is -0.392 e. The summed E-state index contributed by atoms with van der Waals surface area (Å²) in [5, 5.41) is 12.8. The van der Waals surface area contributed by atoms with Gasteiger partial charge in [0.1, 0.15) is 23.1 Å². The molecule has 3 aromatic rings. The molecule has 1 amide bonds. The van der Waals surface area contributed by atoms with Gasteiger partial charge in [-0.15, -0.1) is 0 Å². The van der Waals surface area contributed by atoms with Gasteiger partial charge in [0.05, 0.1) is 25.5 Å². The zero-order valence-electron chi connectivity index (χ0n) is 19.4.